The lowest BCUT2D eigenvalue weighted by Crippen LogP contribution is -2.04. The molecule has 0 aliphatic carbocycles. The molecular formula is C11H13FN2. The van der Waals surface area contributed by atoms with Crippen molar-refractivity contribution in [2.75, 3.05) is 6.54 Å². The minimum Gasteiger partial charge on any atom is -0.347 e. The lowest BCUT2D eigenvalue weighted by Gasteiger charge is -2.03. The summed E-state index contributed by atoms with van der Waals surface area (Å²) in [5.74, 6) is -0.190. The van der Waals surface area contributed by atoms with E-state index < -0.39 is 0 Å². The molecule has 2 N–H and O–H groups in total. The van der Waals surface area contributed by atoms with Crippen LogP contribution in [0.5, 0.6) is 0 Å². The number of rotatable bonds is 3. The summed E-state index contributed by atoms with van der Waals surface area (Å²) in [6.07, 6.45) is 2.89. The van der Waals surface area contributed by atoms with Crippen molar-refractivity contribution in [1.29, 1.82) is 0 Å². The highest BCUT2D eigenvalue weighted by molar-refractivity contribution is 5.80. The molecule has 74 valence electrons. The van der Waals surface area contributed by atoms with Gasteiger partial charge in [0, 0.05) is 12.7 Å². The van der Waals surface area contributed by atoms with E-state index in [2.05, 4.69) is 0 Å². The van der Waals surface area contributed by atoms with Crippen LogP contribution in [0.15, 0.2) is 30.5 Å². The summed E-state index contributed by atoms with van der Waals surface area (Å²) in [5, 5.41) is 1.07. The molecule has 2 nitrogen and oxygen atoms in total. The number of nitrogens with two attached hydrogens (primary N) is 1. The second kappa shape index (κ2) is 3.80. The van der Waals surface area contributed by atoms with Crippen LogP contribution in [0.25, 0.3) is 10.9 Å². The summed E-state index contributed by atoms with van der Waals surface area (Å²) in [7, 11) is 0. The topological polar surface area (TPSA) is 30.9 Å². The van der Waals surface area contributed by atoms with E-state index in [1.165, 1.54) is 6.07 Å². The molecule has 2 rings (SSSR count). The number of halogens is 1. The van der Waals surface area contributed by atoms with Gasteiger partial charge in [-0.15, -0.1) is 0 Å². The molecule has 14 heavy (non-hydrogen) atoms. The molecule has 0 saturated carbocycles. The van der Waals surface area contributed by atoms with Gasteiger partial charge in [0.05, 0.1) is 5.52 Å². The molecule has 0 amide bonds. The average molecular weight is 192 g/mol. The maximum atomic E-state index is 13.0. The fraction of sp³-hybridized carbons (Fsp3) is 0.273. The van der Waals surface area contributed by atoms with Gasteiger partial charge >= 0.3 is 0 Å². The Balaban J connectivity index is 2.40. The van der Waals surface area contributed by atoms with Crippen LogP contribution in [0.3, 0.4) is 0 Å². The fourth-order valence-electron chi connectivity index (χ4n) is 1.61. The molecule has 2 aromatic rings. The molecule has 0 aliphatic rings. The predicted molar refractivity (Wildman–Crippen MR) is 55.6 cm³/mol. The largest absolute Gasteiger partial charge is 0.347 e. The minimum atomic E-state index is -0.190. The zero-order valence-electron chi connectivity index (χ0n) is 7.91. The number of fused-ring (bicyclic) bond motifs is 1. The Morgan fingerprint density at radius 3 is 2.93 bits per heavy atom. The van der Waals surface area contributed by atoms with Crippen molar-refractivity contribution in [3.8, 4) is 0 Å². The third kappa shape index (κ3) is 1.63. The predicted octanol–water partition coefficient (Wildman–Crippen LogP) is 2.13. The van der Waals surface area contributed by atoms with Gasteiger partial charge in [-0.05, 0) is 42.6 Å². The van der Waals surface area contributed by atoms with Crippen molar-refractivity contribution < 1.29 is 4.39 Å². The molecular weight excluding hydrogens is 179 g/mol. The third-order valence-corrected chi connectivity index (χ3v) is 2.34. The number of hydrogen-bond acceptors (Lipinski definition) is 1. The highest BCUT2D eigenvalue weighted by atomic mass is 19.1. The van der Waals surface area contributed by atoms with Gasteiger partial charge < -0.3 is 10.3 Å². The summed E-state index contributed by atoms with van der Waals surface area (Å²) < 4.78 is 15.0. The number of aromatic nitrogens is 1. The molecule has 0 radical (unpaired) electrons. The van der Waals surface area contributed by atoms with E-state index in [1.54, 1.807) is 12.1 Å². The smallest absolute Gasteiger partial charge is 0.125 e. The normalized spacial score (nSPS) is 11.0. The van der Waals surface area contributed by atoms with Crippen LogP contribution in [0.4, 0.5) is 4.39 Å². The maximum absolute atomic E-state index is 13.0. The van der Waals surface area contributed by atoms with Crippen molar-refractivity contribution in [3.05, 3.63) is 36.3 Å². The molecule has 0 saturated heterocycles. The maximum Gasteiger partial charge on any atom is 0.125 e. The van der Waals surface area contributed by atoms with E-state index in [0.29, 0.717) is 6.54 Å². The van der Waals surface area contributed by atoms with Gasteiger partial charge in [0.2, 0.25) is 0 Å². The Morgan fingerprint density at radius 1 is 1.29 bits per heavy atom. The van der Waals surface area contributed by atoms with E-state index in [9.17, 15) is 4.39 Å². The van der Waals surface area contributed by atoms with Gasteiger partial charge in [0.25, 0.3) is 0 Å². The molecule has 0 spiro atoms. The summed E-state index contributed by atoms with van der Waals surface area (Å²) in [5.41, 5.74) is 6.37. The zero-order valence-corrected chi connectivity index (χ0v) is 7.91. The Hall–Kier alpha value is -1.35. The number of hydrogen-bond donors (Lipinski definition) is 1. The summed E-state index contributed by atoms with van der Waals surface area (Å²) in [6.45, 7) is 1.51. The van der Waals surface area contributed by atoms with E-state index in [-0.39, 0.29) is 5.82 Å². The van der Waals surface area contributed by atoms with Crippen molar-refractivity contribution in [2.45, 2.75) is 13.0 Å². The molecule has 0 bridgehead atoms. The Morgan fingerprint density at radius 2 is 2.14 bits per heavy atom. The van der Waals surface area contributed by atoms with Crippen LogP contribution >= 0.6 is 0 Å². The first-order valence-corrected chi connectivity index (χ1v) is 4.76. The second-order valence-corrected chi connectivity index (χ2v) is 3.35. The molecule has 0 fully saturated rings. The number of nitrogens with zero attached hydrogens (tertiary/aromatic N) is 1. The summed E-state index contributed by atoms with van der Waals surface area (Å²) >= 11 is 0. The molecule has 1 heterocycles. The van der Waals surface area contributed by atoms with E-state index in [4.69, 9.17) is 5.73 Å². The van der Waals surface area contributed by atoms with Crippen LogP contribution < -0.4 is 5.73 Å². The molecule has 0 unspecified atom stereocenters. The highest BCUT2D eigenvalue weighted by Gasteiger charge is 2.01. The van der Waals surface area contributed by atoms with Crippen molar-refractivity contribution in [1.82, 2.24) is 4.57 Å². The van der Waals surface area contributed by atoms with Crippen LogP contribution in [-0.2, 0) is 6.54 Å². The van der Waals surface area contributed by atoms with E-state index >= 15 is 0 Å². The lowest BCUT2D eigenvalue weighted by molar-refractivity contribution is 0.625. The standard InChI is InChI=1S/C11H13FN2/c12-10-3-2-9-4-7-14(6-1-5-13)11(9)8-10/h2-4,7-8H,1,5-6,13H2. The highest BCUT2D eigenvalue weighted by Crippen LogP contribution is 2.17. The first kappa shape index (κ1) is 9.21. The van der Waals surface area contributed by atoms with Gasteiger partial charge in [-0.25, -0.2) is 4.39 Å². The average Bonchev–Trinajstić information content (AvgIpc) is 2.57. The van der Waals surface area contributed by atoms with E-state index in [1.807, 2.05) is 16.8 Å². The third-order valence-electron chi connectivity index (χ3n) is 2.34. The zero-order chi connectivity index (χ0) is 9.97. The lowest BCUT2D eigenvalue weighted by atomic mass is 10.2. The minimum absolute atomic E-state index is 0.190. The fourth-order valence-corrected chi connectivity index (χ4v) is 1.61. The van der Waals surface area contributed by atoms with Crippen molar-refractivity contribution in [2.24, 2.45) is 5.73 Å². The molecule has 0 aliphatic heterocycles. The number of benzene rings is 1. The quantitative estimate of drug-likeness (QED) is 0.793. The van der Waals surface area contributed by atoms with Gasteiger partial charge in [0.15, 0.2) is 0 Å². The monoisotopic (exact) mass is 192 g/mol. The van der Waals surface area contributed by atoms with Crippen LogP contribution in [0.2, 0.25) is 0 Å². The molecule has 1 aromatic heterocycles. The van der Waals surface area contributed by atoms with Crippen LogP contribution in [-0.4, -0.2) is 11.1 Å². The van der Waals surface area contributed by atoms with Crippen LogP contribution in [0.1, 0.15) is 6.42 Å². The van der Waals surface area contributed by atoms with Gasteiger partial charge in [-0.3, -0.25) is 0 Å². The first-order chi connectivity index (χ1) is 6.81. The van der Waals surface area contributed by atoms with Crippen molar-refractivity contribution >= 4 is 10.9 Å². The molecule has 3 heteroatoms. The van der Waals surface area contributed by atoms with Gasteiger partial charge in [-0.1, -0.05) is 0 Å². The summed E-state index contributed by atoms with van der Waals surface area (Å²) in [4.78, 5) is 0. The first-order valence-electron chi connectivity index (χ1n) is 4.76. The molecule has 1 aromatic carbocycles. The Kier molecular flexibility index (Phi) is 2.50. The number of aryl methyl sites for hydroxylation is 1. The van der Waals surface area contributed by atoms with Gasteiger partial charge in [-0.2, -0.15) is 0 Å². The molecule has 0 atom stereocenters. The Bertz CT molecular complexity index is 434. The summed E-state index contributed by atoms with van der Waals surface area (Å²) in [6, 6.07) is 6.83. The van der Waals surface area contributed by atoms with Crippen molar-refractivity contribution in [3.63, 3.8) is 0 Å². The van der Waals surface area contributed by atoms with Gasteiger partial charge in [0.1, 0.15) is 5.82 Å². The van der Waals surface area contributed by atoms with Crippen LogP contribution in [0, 0.1) is 5.82 Å². The van der Waals surface area contributed by atoms with E-state index in [0.717, 1.165) is 23.9 Å². The SMILES string of the molecule is NCCCn1ccc2ccc(F)cc21. The second-order valence-electron chi connectivity index (χ2n) is 3.35. The Labute approximate surface area is 82.1 Å².